The molecule has 0 radical (unpaired) electrons. The van der Waals surface area contributed by atoms with E-state index in [1.54, 1.807) is 12.4 Å². The van der Waals surface area contributed by atoms with Crippen molar-refractivity contribution in [1.82, 2.24) is 24.7 Å². The van der Waals surface area contributed by atoms with Crippen LogP contribution in [-0.2, 0) is 13.0 Å². The molecule has 0 saturated carbocycles. The van der Waals surface area contributed by atoms with E-state index in [-0.39, 0.29) is 24.2 Å². The zero-order valence-corrected chi connectivity index (χ0v) is 18.0. The van der Waals surface area contributed by atoms with Crippen LogP contribution < -0.4 is 9.64 Å². The van der Waals surface area contributed by atoms with Gasteiger partial charge in [0, 0.05) is 30.4 Å². The molecule has 3 heterocycles. The van der Waals surface area contributed by atoms with E-state index in [2.05, 4.69) is 31.9 Å². The van der Waals surface area contributed by atoms with Crippen molar-refractivity contribution in [2.24, 2.45) is 0 Å². The molecule has 1 aliphatic rings. The van der Waals surface area contributed by atoms with Crippen molar-refractivity contribution in [2.75, 3.05) is 24.2 Å². The maximum atomic E-state index is 14.1. The number of hydrogen-bond acceptors (Lipinski definition) is 7. The Kier molecular flexibility index (Phi) is 6.47. The lowest BCUT2D eigenvalue weighted by Crippen LogP contribution is -2.35. The molecule has 1 aliphatic heterocycles. The first kappa shape index (κ1) is 20.6. The highest BCUT2D eigenvalue weighted by Gasteiger charge is 2.23. The van der Waals surface area contributed by atoms with Gasteiger partial charge in [0.05, 0.1) is 6.04 Å². The summed E-state index contributed by atoms with van der Waals surface area (Å²) in [5.74, 6) is 1.17. The molecule has 9 heteroatoms. The molecule has 0 N–H and O–H groups in total. The van der Waals surface area contributed by atoms with Crippen LogP contribution in [0.15, 0.2) is 41.8 Å². The van der Waals surface area contributed by atoms with Crippen molar-refractivity contribution in [3.63, 3.8) is 0 Å². The van der Waals surface area contributed by atoms with Gasteiger partial charge in [-0.2, -0.15) is 5.10 Å². The van der Waals surface area contributed by atoms with Crippen molar-refractivity contribution in [3.05, 3.63) is 54.1 Å². The van der Waals surface area contributed by atoms with Gasteiger partial charge in [0.1, 0.15) is 12.9 Å². The Balaban J connectivity index is 1.31. The summed E-state index contributed by atoms with van der Waals surface area (Å²) in [4.78, 5) is 16.4. The molecule has 0 bridgehead atoms. The van der Waals surface area contributed by atoms with E-state index >= 15 is 0 Å². The Morgan fingerprint density at radius 2 is 1.93 bits per heavy atom. The normalized spacial score (nSPS) is 14.8. The predicted molar refractivity (Wildman–Crippen MR) is 114 cm³/mol. The number of thioether (sulfide) groups is 1. The molecule has 1 aromatic carbocycles. The lowest BCUT2D eigenvalue weighted by molar-refractivity contribution is 0.277. The predicted octanol–water partition coefficient (Wildman–Crippen LogP) is 3.91. The molecule has 0 amide bonds. The first-order valence-electron chi connectivity index (χ1n) is 10.1. The number of rotatable bonds is 7. The van der Waals surface area contributed by atoms with E-state index in [4.69, 9.17) is 4.74 Å². The van der Waals surface area contributed by atoms with E-state index in [1.807, 2.05) is 29.4 Å². The first-order valence-corrected chi connectivity index (χ1v) is 11.3. The first-order chi connectivity index (χ1) is 14.7. The van der Waals surface area contributed by atoms with Crippen LogP contribution in [0.4, 0.5) is 10.3 Å². The molecule has 30 heavy (non-hydrogen) atoms. The molecular formula is C21H25FN6OS. The number of benzene rings is 1. The lowest BCUT2D eigenvalue weighted by atomic mass is 10.1. The Labute approximate surface area is 179 Å². The van der Waals surface area contributed by atoms with Gasteiger partial charge in [0.25, 0.3) is 0 Å². The van der Waals surface area contributed by atoms with E-state index in [0.717, 1.165) is 48.8 Å². The Bertz CT molecular complexity index is 972. The molecule has 0 unspecified atom stereocenters. The molecule has 0 spiro atoms. The van der Waals surface area contributed by atoms with Crippen LogP contribution in [0.1, 0.15) is 37.2 Å². The highest BCUT2D eigenvalue weighted by Crippen LogP contribution is 2.25. The van der Waals surface area contributed by atoms with Crippen molar-refractivity contribution in [2.45, 2.75) is 43.7 Å². The monoisotopic (exact) mass is 428 g/mol. The molecule has 1 saturated heterocycles. The van der Waals surface area contributed by atoms with Gasteiger partial charge in [-0.1, -0.05) is 6.92 Å². The third kappa shape index (κ3) is 4.72. The molecule has 158 valence electrons. The van der Waals surface area contributed by atoms with Gasteiger partial charge < -0.3 is 9.64 Å². The summed E-state index contributed by atoms with van der Waals surface area (Å²) < 4.78 is 21.5. The minimum Gasteiger partial charge on any atom is -0.482 e. The third-order valence-corrected chi connectivity index (χ3v) is 6.00. The number of piperidine rings is 1. The summed E-state index contributed by atoms with van der Waals surface area (Å²) in [6, 6.07) is 5.22. The average molecular weight is 429 g/mol. The number of aromatic nitrogens is 5. The fraction of sp³-hybridized carbons (Fsp3) is 0.429. The van der Waals surface area contributed by atoms with Crippen LogP contribution in [0.2, 0.25) is 0 Å². The zero-order valence-electron chi connectivity index (χ0n) is 17.2. The van der Waals surface area contributed by atoms with Crippen LogP contribution in [-0.4, -0.2) is 44.1 Å². The molecule has 7 nitrogen and oxygen atoms in total. The summed E-state index contributed by atoms with van der Waals surface area (Å²) in [6.07, 6.45) is 10.3. The number of ether oxygens (including phenoxy) is 1. The number of halogens is 1. The number of anilines is 1. The van der Waals surface area contributed by atoms with Crippen molar-refractivity contribution < 1.29 is 9.13 Å². The van der Waals surface area contributed by atoms with Crippen molar-refractivity contribution in [1.29, 1.82) is 0 Å². The molecular weight excluding hydrogens is 403 g/mol. The Morgan fingerprint density at radius 3 is 2.60 bits per heavy atom. The maximum absolute atomic E-state index is 14.1. The molecule has 3 aromatic rings. The van der Waals surface area contributed by atoms with E-state index in [9.17, 15) is 4.39 Å². The van der Waals surface area contributed by atoms with Gasteiger partial charge >= 0.3 is 0 Å². The SMILES string of the molecule is CCc1cnc(N2CCC(n3cnc(COc4ccc(SC)cc4F)n3)CC2)nc1. The second-order valence-corrected chi connectivity index (χ2v) is 8.07. The lowest BCUT2D eigenvalue weighted by Gasteiger charge is -2.31. The maximum Gasteiger partial charge on any atom is 0.225 e. The van der Waals surface area contributed by atoms with Gasteiger partial charge in [-0.3, -0.25) is 0 Å². The Hall–Kier alpha value is -2.68. The minimum atomic E-state index is -0.372. The van der Waals surface area contributed by atoms with Gasteiger partial charge in [-0.15, -0.1) is 11.8 Å². The standard InChI is InChI=1S/C21H25FN6OS/c1-3-15-11-23-21(24-12-15)27-8-6-16(7-9-27)28-14-25-20(26-28)13-29-19-5-4-17(30-2)10-18(19)22/h4-5,10-12,14,16H,3,6-9,13H2,1-2H3. The number of nitrogens with zero attached hydrogens (tertiary/aromatic N) is 6. The minimum absolute atomic E-state index is 0.138. The number of hydrogen-bond donors (Lipinski definition) is 0. The van der Waals surface area contributed by atoms with E-state index in [1.165, 1.54) is 17.8 Å². The summed E-state index contributed by atoms with van der Waals surface area (Å²) >= 11 is 1.49. The summed E-state index contributed by atoms with van der Waals surface area (Å²) in [7, 11) is 0. The quantitative estimate of drug-likeness (QED) is 0.529. The summed E-state index contributed by atoms with van der Waals surface area (Å²) in [5.41, 5.74) is 1.14. The summed E-state index contributed by atoms with van der Waals surface area (Å²) in [5, 5.41) is 4.54. The largest absolute Gasteiger partial charge is 0.482 e. The van der Waals surface area contributed by atoms with Crippen molar-refractivity contribution >= 4 is 17.7 Å². The Morgan fingerprint density at radius 1 is 1.17 bits per heavy atom. The molecule has 1 fully saturated rings. The molecule has 0 atom stereocenters. The highest BCUT2D eigenvalue weighted by atomic mass is 32.2. The second kappa shape index (κ2) is 9.42. The third-order valence-electron chi connectivity index (χ3n) is 5.27. The van der Waals surface area contributed by atoms with Gasteiger partial charge in [0.2, 0.25) is 5.95 Å². The fourth-order valence-corrected chi connectivity index (χ4v) is 3.87. The van der Waals surface area contributed by atoms with Crippen LogP contribution in [0.3, 0.4) is 0 Å². The molecule has 0 aliphatic carbocycles. The highest BCUT2D eigenvalue weighted by molar-refractivity contribution is 7.98. The van der Waals surface area contributed by atoms with Crippen LogP contribution in [0.5, 0.6) is 5.75 Å². The topological polar surface area (TPSA) is 69.0 Å². The van der Waals surface area contributed by atoms with Gasteiger partial charge in [0.15, 0.2) is 17.4 Å². The zero-order chi connectivity index (χ0) is 20.9. The van der Waals surface area contributed by atoms with Gasteiger partial charge in [-0.05, 0) is 49.3 Å². The van der Waals surface area contributed by atoms with Crippen molar-refractivity contribution in [3.8, 4) is 5.75 Å². The smallest absolute Gasteiger partial charge is 0.225 e. The van der Waals surface area contributed by atoms with E-state index < -0.39 is 0 Å². The molecule has 4 rings (SSSR count). The van der Waals surface area contributed by atoms with Crippen LogP contribution in [0, 0.1) is 5.82 Å². The van der Waals surface area contributed by atoms with Crippen LogP contribution >= 0.6 is 11.8 Å². The van der Waals surface area contributed by atoms with E-state index in [0.29, 0.717) is 5.82 Å². The van der Waals surface area contributed by atoms with Gasteiger partial charge in [-0.25, -0.2) is 24.0 Å². The average Bonchev–Trinajstić information content (AvgIpc) is 3.27. The van der Waals surface area contributed by atoms with Crippen LogP contribution in [0.25, 0.3) is 0 Å². The second-order valence-electron chi connectivity index (χ2n) is 7.19. The fourth-order valence-electron chi connectivity index (χ4n) is 3.44. The summed E-state index contributed by atoms with van der Waals surface area (Å²) in [6.45, 7) is 3.97. The molecule has 2 aromatic heterocycles. The number of aryl methyl sites for hydroxylation is 1.